The summed E-state index contributed by atoms with van der Waals surface area (Å²) in [5, 5.41) is 7.08. The average molecular weight is 386 g/mol. The van der Waals surface area contributed by atoms with Crippen LogP contribution in [0.3, 0.4) is 0 Å². The van der Waals surface area contributed by atoms with Gasteiger partial charge in [-0.05, 0) is 44.2 Å². The third-order valence-corrected chi connectivity index (χ3v) is 5.45. The van der Waals surface area contributed by atoms with Crippen LogP contribution in [-0.2, 0) is 9.53 Å². The molecule has 0 unspecified atom stereocenters. The van der Waals surface area contributed by atoms with Gasteiger partial charge in [0, 0.05) is 30.8 Å². The summed E-state index contributed by atoms with van der Waals surface area (Å²) < 4.78 is 20.4. The molecule has 2 amide bonds. The number of amides is 2. The third-order valence-electron chi connectivity index (χ3n) is 5.45. The summed E-state index contributed by atoms with van der Waals surface area (Å²) in [5.74, 6) is -0.179. The van der Waals surface area contributed by atoms with Gasteiger partial charge in [0.2, 0.25) is 5.91 Å². The first-order valence-corrected chi connectivity index (χ1v) is 9.66. The number of cyclic esters (lactones) is 1. The van der Waals surface area contributed by atoms with Gasteiger partial charge in [0.15, 0.2) is 5.82 Å². The molecule has 0 spiro atoms. The van der Waals surface area contributed by atoms with Gasteiger partial charge in [-0.15, -0.1) is 5.10 Å². The molecule has 2 aromatic rings. The van der Waals surface area contributed by atoms with Gasteiger partial charge in [0.05, 0.1) is 6.61 Å². The largest absolute Gasteiger partial charge is 0.449 e. The first kappa shape index (κ1) is 18.5. The van der Waals surface area contributed by atoms with Crippen LogP contribution in [0.2, 0.25) is 0 Å². The van der Waals surface area contributed by atoms with Crippen molar-refractivity contribution in [2.75, 3.05) is 18.5 Å². The molecule has 4 rings (SSSR count). The van der Waals surface area contributed by atoms with E-state index >= 15 is 0 Å². The standard InChI is InChI=1S/C20H23FN4O3/c21-16-4-1-2-5-17(16)25-12-10-18(23-25)22-19(26)14-6-8-15(9-7-14)24-11-3-13-28-20(24)27/h1-2,4-5,10,12,14-15H,3,6-9,11,13H2,(H,22,23,26)/t14-,15-. The number of nitrogens with one attached hydrogen (secondary N) is 1. The topological polar surface area (TPSA) is 76.5 Å². The molecule has 1 aliphatic heterocycles. The maximum atomic E-state index is 13.9. The number of para-hydroxylation sites is 1. The molecule has 0 bridgehead atoms. The molecule has 7 nitrogen and oxygen atoms in total. The van der Waals surface area contributed by atoms with E-state index in [1.54, 1.807) is 35.4 Å². The SMILES string of the molecule is O=C1OCCCN1[C@H]1CC[C@H](C(=O)Nc2ccn(-c3ccccc3F)n2)CC1. The van der Waals surface area contributed by atoms with E-state index in [9.17, 15) is 14.0 Å². The van der Waals surface area contributed by atoms with Gasteiger partial charge < -0.3 is 15.0 Å². The minimum Gasteiger partial charge on any atom is -0.449 e. The highest BCUT2D eigenvalue weighted by molar-refractivity contribution is 5.91. The van der Waals surface area contributed by atoms with Crippen molar-refractivity contribution in [3.8, 4) is 5.69 Å². The highest BCUT2D eigenvalue weighted by atomic mass is 19.1. The predicted octanol–water partition coefficient (Wildman–Crippen LogP) is 3.35. The number of carbonyl (C=O) groups is 2. The molecule has 1 saturated heterocycles. The zero-order chi connectivity index (χ0) is 19.5. The van der Waals surface area contributed by atoms with E-state index in [0.717, 1.165) is 25.8 Å². The Kier molecular flexibility index (Phi) is 5.27. The van der Waals surface area contributed by atoms with Crippen LogP contribution in [0.25, 0.3) is 5.69 Å². The Hall–Kier alpha value is -2.90. The van der Waals surface area contributed by atoms with Gasteiger partial charge in [0.25, 0.3) is 0 Å². The molecule has 1 aromatic carbocycles. The number of hydrogen-bond donors (Lipinski definition) is 1. The number of halogens is 1. The molecular weight excluding hydrogens is 363 g/mol. The van der Waals surface area contributed by atoms with Crippen molar-refractivity contribution in [2.45, 2.75) is 38.1 Å². The number of ether oxygens (including phenoxy) is 1. The lowest BCUT2D eigenvalue weighted by atomic mass is 9.84. The van der Waals surface area contributed by atoms with E-state index in [-0.39, 0.29) is 29.8 Å². The maximum Gasteiger partial charge on any atom is 0.410 e. The number of rotatable bonds is 4. The van der Waals surface area contributed by atoms with E-state index in [1.807, 2.05) is 0 Å². The van der Waals surface area contributed by atoms with Gasteiger partial charge in [-0.2, -0.15) is 0 Å². The number of nitrogens with zero attached hydrogens (tertiary/aromatic N) is 3. The molecule has 1 N–H and O–H groups in total. The zero-order valence-electron chi connectivity index (χ0n) is 15.5. The minimum atomic E-state index is -0.377. The molecule has 2 heterocycles. The number of carbonyl (C=O) groups excluding carboxylic acids is 2. The van der Waals surface area contributed by atoms with Gasteiger partial charge in [0.1, 0.15) is 11.5 Å². The minimum absolute atomic E-state index is 0.0848. The second-order valence-corrected chi connectivity index (χ2v) is 7.25. The van der Waals surface area contributed by atoms with Crippen molar-refractivity contribution in [3.05, 3.63) is 42.3 Å². The molecule has 0 atom stereocenters. The fraction of sp³-hybridized carbons (Fsp3) is 0.450. The molecule has 1 aliphatic carbocycles. The van der Waals surface area contributed by atoms with Crippen LogP contribution in [0.1, 0.15) is 32.1 Å². The lowest BCUT2D eigenvalue weighted by Crippen LogP contribution is -2.46. The Labute approximate surface area is 162 Å². The summed E-state index contributed by atoms with van der Waals surface area (Å²) in [6.07, 6.45) is 5.25. The van der Waals surface area contributed by atoms with Crippen LogP contribution < -0.4 is 5.32 Å². The summed E-state index contributed by atoms with van der Waals surface area (Å²) in [6.45, 7) is 1.22. The summed E-state index contributed by atoms with van der Waals surface area (Å²) in [7, 11) is 0. The molecule has 2 aliphatic rings. The van der Waals surface area contributed by atoms with E-state index in [4.69, 9.17) is 4.74 Å². The molecule has 1 saturated carbocycles. The third kappa shape index (κ3) is 3.85. The van der Waals surface area contributed by atoms with Crippen LogP contribution >= 0.6 is 0 Å². The molecule has 28 heavy (non-hydrogen) atoms. The first-order valence-electron chi connectivity index (χ1n) is 9.66. The van der Waals surface area contributed by atoms with Gasteiger partial charge >= 0.3 is 6.09 Å². The molecular formula is C20H23FN4O3. The van der Waals surface area contributed by atoms with Crippen molar-refractivity contribution >= 4 is 17.8 Å². The Morgan fingerprint density at radius 3 is 2.71 bits per heavy atom. The van der Waals surface area contributed by atoms with Gasteiger partial charge in [-0.3, -0.25) is 4.79 Å². The quantitative estimate of drug-likeness (QED) is 0.874. The molecule has 1 aromatic heterocycles. The normalized spacial score (nSPS) is 22.6. The first-order chi connectivity index (χ1) is 13.6. The second kappa shape index (κ2) is 8.00. The summed E-state index contributed by atoms with van der Waals surface area (Å²) in [5.41, 5.74) is 0.330. The number of anilines is 1. The lowest BCUT2D eigenvalue weighted by Gasteiger charge is -2.37. The molecule has 148 valence electrons. The van der Waals surface area contributed by atoms with Crippen molar-refractivity contribution in [3.63, 3.8) is 0 Å². The van der Waals surface area contributed by atoms with E-state index in [0.29, 0.717) is 31.0 Å². The number of benzene rings is 1. The monoisotopic (exact) mass is 386 g/mol. The summed E-state index contributed by atoms with van der Waals surface area (Å²) in [6, 6.07) is 8.14. The smallest absolute Gasteiger partial charge is 0.410 e. The van der Waals surface area contributed by atoms with Crippen LogP contribution in [0, 0.1) is 11.7 Å². The number of aromatic nitrogens is 2. The van der Waals surface area contributed by atoms with Crippen LogP contribution in [0.5, 0.6) is 0 Å². The highest BCUT2D eigenvalue weighted by Gasteiger charge is 2.33. The predicted molar refractivity (Wildman–Crippen MR) is 101 cm³/mol. The van der Waals surface area contributed by atoms with E-state index < -0.39 is 0 Å². The van der Waals surface area contributed by atoms with Crippen LogP contribution in [-0.4, -0.2) is 45.9 Å². The van der Waals surface area contributed by atoms with Gasteiger partial charge in [-0.25, -0.2) is 13.9 Å². The lowest BCUT2D eigenvalue weighted by molar-refractivity contribution is -0.121. The van der Waals surface area contributed by atoms with Crippen LogP contribution in [0.4, 0.5) is 15.0 Å². The van der Waals surface area contributed by atoms with Crippen LogP contribution in [0.15, 0.2) is 36.5 Å². The van der Waals surface area contributed by atoms with Gasteiger partial charge in [-0.1, -0.05) is 12.1 Å². The van der Waals surface area contributed by atoms with Crippen molar-refractivity contribution in [1.82, 2.24) is 14.7 Å². The average Bonchev–Trinajstić information content (AvgIpc) is 3.17. The summed E-state index contributed by atoms with van der Waals surface area (Å²) >= 11 is 0. The summed E-state index contributed by atoms with van der Waals surface area (Å²) in [4.78, 5) is 26.3. The van der Waals surface area contributed by atoms with Crippen molar-refractivity contribution < 1.29 is 18.7 Å². The fourth-order valence-electron chi connectivity index (χ4n) is 3.94. The Balaban J connectivity index is 1.33. The Bertz CT molecular complexity index is 861. The molecule has 2 fully saturated rings. The molecule has 0 radical (unpaired) electrons. The van der Waals surface area contributed by atoms with Crippen molar-refractivity contribution in [2.24, 2.45) is 5.92 Å². The highest BCUT2D eigenvalue weighted by Crippen LogP contribution is 2.30. The molecule has 8 heteroatoms. The zero-order valence-corrected chi connectivity index (χ0v) is 15.5. The van der Waals surface area contributed by atoms with E-state index in [2.05, 4.69) is 10.4 Å². The Morgan fingerprint density at radius 2 is 1.96 bits per heavy atom. The second-order valence-electron chi connectivity index (χ2n) is 7.25. The number of hydrogen-bond acceptors (Lipinski definition) is 4. The maximum absolute atomic E-state index is 13.9. The van der Waals surface area contributed by atoms with E-state index in [1.165, 1.54) is 10.7 Å². The Morgan fingerprint density at radius 1 is 1.18 bits per heavy atom. The fourth-order valence-corrected chi connectivity index (χ4v) is 3.94. The van der Waals surface area contributed by atoms with Crippen molar-refractivity contribution in [1.29, 1.82) is 0 Å².